The predicted molar refractivity (Wildman–Crippen MR) is 223 cm³/mol. The molecule has 4 heterocycles. The summed E-state index contributed by atoms with van der Waals surface area (Å²) in [4.78, 5) is 14.9. The fraction of sp³-hybridized carbons (Fsp3) is 0.302. The van der Waals surface area contributed by atoms with E-state index >= 15 is 0 Å². The van der Waals surface area contributed by atoms with Crippen molar-refractivity contribution in [3.63, 3.8) is 0 Å². The number of nitrogens with zero attached hydrogens (tertiary/aromatic N) is 2. The molecule has 0 aliphatic carbocycles. The van der Waals surface area contributed by atoms with E-state index in [1.54, 1.807) is 55.8 Å². The third kappa shape index (κ3) is 10.8. The van der Waals surface area contributed by atoms with Crippen LogP contribution in [0.1, 0.15) is 70.4 Å². The molecule has 0 amide bonds. The van der Waals surface area contributed by atoms with Gasteiger partial charge in [-0.05, 0) is 67.1 Å². The molecule has 0 radical (unpaired) electrons. The molecule has 6 aromatic rings. The fourth-order valence-corrected chi connectivity index (χ4v) is 19.6. The van der Waals surface area contributed by atoms with Gasteiger partial charge in [0.25, 0.3) is 0 Å². The Labute approximate surface area is 321 Å². The van der Waals surface area contributed by atoms with Crippen LogP contribution in [0, 0.1) is 18.6 Å². The van der Waals surface area contributed by atoms with Crippen LogP contribution in [0.5, 0.6) is 0 Å². The van der Waals surface area contributed by atoms with Gasteiger partial charge in [-0.25, -0.2) is 18.7 Å². The molecule has 0 spiro atoms. The van der Waals surface area contributed by atoms with Crippen LogP contribution in [0.25, 0.3) is 50.7 Å². The monoisotopic (exact) mass is 850 g/mol. The number of nitrogens with one attached hydrogen (secondary N) is 2. The topological polar surface area (TPSA) is 57.4 Å². The maximum atomic E-state index is 13.7. The largest absolute Gasteiger partial charge is 0.353 e. The van der Waals surface area contributed by atoms with Gasteiger partial charge in [-0.1, -0.05) is 54.1 Å². The number of H-pyrrole nitrogens is 2. The summed E-state index contributed by atoms with van der Waals surface area (Å²) in [7, 11) is 0. The van der Waals surface area contributed by atoms with Crippen LogP contribution in [0.4, 0.5) is 8.78 Å². The number of halogens is 4. The van der Waals surface area contributed by atoms with Crippen molar-refractivity contribution in [2.45, 2.75) is 79.5 Å². The molecule has 6 rings (SSSR count). The zero-order chi connectivity index (χ0) is 37.7. The number of aromatic amines is 2. The van der Waals surface area contributed by atoms with Gasteiger partial charge in [-0.3, -0.25) is 0 Å². The van der Waals surface area contributed by atoms with Gasteiger partial charge >= 0.3 is 102 Å². The van der Waals surface area contributed by atoms with Crippen molar-refractivity contribution < 1.29 is 8.78 Å². The van der Waals surface area contributed by atoms with Crippen LogP contribution in [-0.2, 0) is 0 Å². The van der Waals surface area contributed by atoms with Crippen molar-refractivity contribution in [1.82, 2.24) is 19.9 Å². The summed E-state index contributed by atoms with van der Waals surface area (Å²) in [5, 5.41) is 1.91. The molecular weight excluding hydrogens is 800 g/mol. The Hall–Kier alpha value is -3.46. The van der Waals surface area contributed by atoms with Gasteiger partial charge in [0.2, 0.25) is 0 Å². The molecule has 0 atom stereocenters. The first-order valence-corrected chi connectivity index (χ1v) is 26.6. The molecule has 0 aliphatic rings. The number of aryl methyl sites for hydroxylation is 1. The number of fused-ring (bicyclic) bond motifs is 2. The van der Waals surface area contributed by atoms with Gasteiger partial charge in [-0.15, -0.1) is 0 Å². The van der Waals surface area contributed by atoms with Crippen LogP contribution in [0.3, 0.4) is 0 Å². The van der Waals surface area contributed by atoms with E-state index in [0.717, 1.165) is 39.2 Å². The zero-order valence-electron chi connectivity index (χ0n) is 30.8. The third-order valence-corrected chi connectivity index (χ3v) is 23.9. The van der Waals surface area contributed by atoms with E-state index in [1.165, 1.54) is 50.7 Å². The molecule has 274 valence electrons. The first-order chi connectivity index (χ1) is 25.1. The molecule has 4 nitrogen and oxygen atoms in total. The SMILES string of the molecule is C=Cc1ccc(Cl)nc1-c1cc2c(F)cccc2[nH]1.C=[CH][Sn]([CH2]CCC)([CH2]CCC)[CH2]CCC.Cc1ccc(Cl)nc1-c1cc2c(F)cccc2[nH]1. The second-order valence-corrected chi connectivity index (χ2v) is 27.2. The Balaban J connectivity index is 0.000000176. The van der Waals surface area contributed by atoms with Gasteiger partial charge in [0.1, 0.15) is 21.9 Å². The third-order valence-electron chi connectivity index (χ3n) is 9.43. The Morgan fingerprint density at radius 3 is 1.58 bits per heavy atom. The molecular formula is C43H50Cl2F2N4Sn. The first-order valence-electron chi connectivity index (χ1n) is 18.2. The Morgan fingerprint density at radius 1 is 0.673 bits per heavy atom. The van der Waals surface area contributed by atoms with E-state index in [9.17, 15) is 8.78 Å². The number of benzene rings is 2. The Bertz CT molecular complexity index is 2070. The summed E-state index contributed by atoms with van der Waals surface area (Å²) in [5.41, 5.74) is 6.23. The molecule has 52 heavy (non-hydrogen) atoms. The molecule has 2 N–H and O–H groups in total. The van der Waals surface area contributed by atoms with Crippen LogP contribution in [0.15, 0.2) is 90.0 Å². The van der Waals surface area contributed by atoms with Crippen molar-refractivity contribution in [3.05, 3.63) is 123 Å². The molecule has 4 aromatic heterocycles. The molecule has 0 saturated heterocycles. The summed E-state index contributed by atoms with van der Waals surface area (Å²) in [5.74, 6) is -0.503. The number of hydrogen-bond donors (Lipinski definition) is 2. The molecule has 0 bridgehead atoms. The van der Waals surface area contributed by atoms with E-state index in [0.29, 0.717) is 26.8 Å². The standard InChI is InChI=1S/C15H10ClFN2.C14H10ClFN2.3C4H9.C2H3.Sn/c1-2-9-6-7-14(16)19-15(9)13-8-10-11(17)4-3-5-12(10)18-13;1-8-5-6-13(15)18-14(8)12-7-9-10(16)3-2-4-11(9)17-12;3*1-3-4-2;1-2;/h2-8,18H,1H2;2-7,17H,1H3;3*1,3-4H2,2H3;1H,2H2;. The average molecular weight is 851 g/mol. The molecule has 0 fully saturated rings. The second-order valence-electron chi connectivity index (χ2n) is 13.2. The predicted octanol–water partition coefficient (Wildman–Crippen LogP) is 14.6. The van der Waals surface area contributed by atoms with Gasteiger partial charge in [0.15, 0.2) is 0 Å². The van der Waals surface area contributed by atoms with Gasteiger partial charge in [-0.2, -0.15) is 0 Å². The molecule has 2 aromatic carbocycles. The van der Waals surface area contributed by atoms with Crippen LogP contribution >= 0.6 is 23.2 Å². The van der Waals surface area contributed by atoms with Gasteiger partial charge in [0, 0.05) is 27.4 Å². The molecule has 0 saturated carbocycles. The van der Waals surface area contributed by atoms with Gasteiger partial charge < -0.3 is 9.97 Å². The molecule has 0 aliphatic heterocycles. The van der Waals surface area contributed by atoms with Crippen molar-refractivity contribution >= 4 is 69.5 Å². The van der Waals surface area contributed by atoms with Crippen molar-refractivity contribution in [2.75, 3.05) is 0 Å². The fourth-order valence-electron chi connectivity index (χ4n) is 6.36. The Kier molecular flexibility index (Phi) is 16.0. The summed E-state index contributed by atoms with van der Waals surface area (Å²) in [6.07, 6.45) is 10.2. The van der Waals surface area contributed by atoms with Crippen LogP contribution in [-0.4, -0.2) is 38.3 Å². The summed E-state index contributed by atoms with van der Waals surface area (Å²) in [6, 6.07) is 20.5. The smallest absolute Gasteiger partial charge is 0.132 e. The minimum atomic E-state index is -1.85. The van der Waals surface area contributed by atoms with E-state index < -0.39 is 18.4 Å². The van der Waals surface area contributed by atoms with Crippen LogP contribution in [0.2, 0.25) is 23.6 Å². The maximum absolute atomic E-state index is 13.7. The number of pyridine rings is 2. The Morgan fingerprint density at radius 2 is 1.13 bits per heavy atom. The maximum Gasteiger partial charge on any atom is 0.132 e. The first kappa shape index (κ1) is 41.3. The normalized spacial score (nSPS) is 11.2. The minimum Gasteiger partial charge on any atom is -0.353 e. The quantitative estimate of drug-likeness (QED) is 0.0898. The van der Waals surface area contributed by atoms with Crippen molar-refractivity contribution in [1.29, 1.82) is 0 Å². The summed E-state index contributed by atoms with van der Waals surface area (Å²) in [6.45, 7) is 16.8. The zero-order valence-corrected chi connectivity index (χ0v) is 35.1. The van der Waals surface area contributed by atoms with Crippen LogP contribution < -0.4 is 0 Å². The minimum absolute atomic E-state index is 0.241. The molecule has 0 unspecified atom stereocenters. The average Bonchev–Trinajstić information content (AvgIpc) is 3.80. The number of aromatic nitrogens is 4. The summed E-state index contributed by atoms with van der Waals surface area (Å²) >= 11 is 9.97. The van der Waals surface area contributed by atoms with Crippen molar-refractivity contribution in [2.24, 2.45) is 0 Å². The van der Waals surface area contributed by atoms with E-state index in [1.807, 2.05) is 31.2 Å². The van der Waals surface area contributed by atoms with E-state index in [4.69, 9.17) is 23.2 Å². The van der Waals surface area contributed by atoms with E-state index in [-0.39, 0.29) is 11.6 Å². The van der Waals surface area contributed by atoms with Crippen molar-refractivity contribution in [3.8, 4) is 22.8 Å². The number of rotatable bonds is 13. The second kappa shape index (κ2) is 20.1. The number of hydrogen-bond acceptors (Lipinski definition) is 2. The summed E-state index contributed by atoms with van der Waals surface area (Å²) < 4.78 is 34.5. The molecule has 9 heteroatoms. The van der Waals surface area contributed by atoms with E-state index in [2.05, 4.69) is 58.0 Å². The number of unbranched alkanes of at least 4 members (excludes halogenated alkanes) is 3. The van der Waals surface area contributed by atoms with Gasteiger partial charge in [0.05, 0.1) is 22.8 Å².